The Morgan fingerprint density at radius 3 is 0.716 bits per heavy atom. The third-order valence-corrected chi connectivity index (χ3v) is 15.0. The van der Waals surface area contributed by atoms with Crippen LogP contribution in [-0.2, 0) is 32.5 Å². The van der Waals surface area contributed by atoms with Crippen molar-refractivity contribution in [1.29, 1.82) is 0 Å². The molecule has 6 aromatic carbocycles. The first-order valence-corrected chi connectivity index (χ1v) is 27.0. The number of fused-ring (bicyclic) bond motifs is 1. The molecule has 0 N–H and O–H groups in total. The van der Waals surface area contributed by atoms with E-state index in [-0.39, 0.29) is 32.5 Å². The van der Waals surface area contributed by atoms with Crippen LogP contribution < -0.4 is 0 Å². The zero-order valence-corrected chi connectivity index (χ0v) is 48.9. The van der Waals surface area contributed by atoms with E-state index in [1.165, 1.54) is 33.4 Å². The summed E-state index contributed by atoms with van der Waals surface area (Å²) in [5.74, 6) is 13.7. The Labute approximate surface area is 454 Å². The predicted octanol–water partition coefficient (Wildman–Crippen LogP) is 19.6. The van der Waals surface area contributed by atoms with E-state index >= 15 is 0 Å². The predicted molar refractivity (Wildman–Crippen MR) is 321 cm³/mol. The molecule has 0 atom stereocenters. The molecule has 0 saturated carbocycles. The van der Waals surface area contributed by atoms with Crippen molar-refractivity contribution < 1.29 is 0 Å². The van der Waals surface area contributed by atoms with Crippen LogP contribution >= 0.6 is 23.2 Å². The maximum absolute atomic E-state index is 8.13. The molecule has 0 aliphatic carbocycles. The summed E-state index contributed by atoms with van der Waals surface area (Å²) in [7, 11) is 0. The maximum Gasteiger partial charge on any atom is 0.0929 e. The molecule has 2 heterocycles. The van der Waals surface area contributed by atoms with E-state index in [9.17, 15) is 0 Å². The first kappa shape index (κ1) is 54.1. The van der Waals surface area contributed by atoms with Gasteiger partial charge in [-0.1, -0.05) is 232 Å². The number of hydrogen-bond acceptors (Lipinski definition) is 0. The molecule has 8 aromatic rings. The van der Waals surface area contributed by atoms with Crippen molar-refractivity contribution in [2.24, 2.45) is 0 Å². The van der Waals surface area contributed by atoms with E-state index in [0.29, 0.717) is 10.0 Å². The molecule has 2 nitrogen and oxygen atoms in total. The molecule has 4 heteroatoms. The molecule has 380 valence electrons. The van der Waals surface area contributed by atoms with E-state index in [0.717, 1.165) is 67.2 Å². The molecular weight excluding hydrogens is 940 g/mol. The Morgan fingerprint density at radius 2 is 0.500 bits per heavy atom. The van der Waals surface area contributed by atoms with Gasteiger partial charge in [-0.05, 0) is 139 Å². The third kappa shape index (κ3) is 11.4. The van der Waals surface area contributed by atoms with Gasteiger partial charge >= 0.3 is 0 Å². The number of halogens is 2. The van der Waals surface area contributed by atoms with Gasteiger partial charge in [0.15, 0.2) is 0 Å². The quantitative estimate of drug-likeness (QED) is 0.156. The third-order valence-electron chi connectivity index (χ3n) is 14.3. The van der Waals surface area contributed by atoms with E-state index in [2.05, 4.69) is 291 Å². The first-order chi connectivity index (χ1) is 34.3. The fourth-order valence-electron chi connectivity index (χ4n) is 9.32. The van der Waals surface area contributed by atoms with Crippen molar-refractivity contribution in [1.82, 2.24) is 9.13 Å². The molecule has 0 unspecified atom stereocenters. The summed E-state index contributed by atoms with van der Waals surface area (Å²) in [5.41, 5.74) is 18.2. The minimum absolute atomic E-state index is 0.0787. The van der Waals surface area contributed by atoms with Crippen LogP contribution in [0, 0.1) is 23.7 Å². The van der Waals surface area contributed by atoms with Crippen molar-refractivity contribution in [2.45, 2.75) is 157 Å². The minimum Gasteiger partial charge on any atom is -0.305 e. The van der Waals surface area contributed by atoms with Crippen LogP contribution in [0.5, 0.6) is 0 Å². The summed E-state index contributed by atoms with van der Waals surface area (Å²) in [4.78, 5) is 0. The van der Waals surface area contributed by atoms with E-state index in [4.69, 9.17) is 23.2 Å². The highest BCUT2D eigenvalue weighted by Gasteiger charge is 2.32. The number of aromatic nitrogens is 2. The van der Waals surface area contributed by atoms with E-state index in [1.807, 2.05) is 0 Å². The molecule has 74 heavy (non-hydrogen) atoms. The lowest BCUT2D eigenvalue weighted by Gasteiger charge is -2.27. The molecule has 0 radical (unpaired) electrons. The van der Waals surface area contributed by atoms with Gasteiger partial charge in [0.25, 0.3) is 0 Å². The van der Waals surface area contributed by atoms with Crippen molar-refractivity contribution in [3.8, 4) is 57.6 Å². The molecular formula is C70H76Cl2N2. The standard InChI is InChI=1S/C70H76Cl2N2/c1-65(2,3)51-35-27-47(28-36-51)21-19-45-23-31-49(32-24-45)61-59(71)63-64(73(61)57-41-53(67(7,8)9)39-54(42-57)68(10,11)12)60(72)62(74(63)58-43-55(69(13,14)15)40-56(44-58)70(16,17)18)50-33-25-46(26-34-50)20-22-48-29-37-52(38-30-48)66(4,5)6/h23-44H,1-18H3. The van der Waals surface area contributed by atoms with Gasteiger partial charge in [-0.25, -0.2) is 0 Å². The van der Waals surface area contributed by atoms with Crippen molar-refractivity contribution in [3.05, 3.63) is 199 Å². The smallest absolute Gasteiger partial charge is 0.0929 e. The fourth-order valence-corrected chi connectivity index (χ4v) is 10.1. The molecule has 0 saturated heterocycles. The SMILES string of the molecule is CC(C)(C)c1ccc(C#Cc2ccc(-c3c(Cl)c4c(c(Cl)c(-c5ccc(C#Cc6ccc(C(C)(C)C)cc6)cc5)n4-c4cc(C(C)(C)C)cc(C(C)(C)C)c4)n3-c3cc(C(C)(C)C)cc(C(C)(C)C)c3)cc2)cc1. The zero-order chi connectivity index (χ0) is 54.1. The Morgan fingerprint density at radius 1 is 0.284 bits per heavy atom. The maximum atomic E-state index is 8.13. The summed E-state index contributed by atoms with van der Waals surface area (Å²) in [6.45, 7) is 40.8. The van der Waals surface area contributed by atoms with Gasteiger partial charge in [-0.15, -0.1) is 0 Å². The van der Waals surface area contributed by atoms with Gasteiger partial charge in [-0.2, -0.15) is 0 Å². The number of rotatable bonds is 4. The molecule has 2 aromatic heterocycles. The van der Waals surface area contributed by atoms with E-state index < -0.39 is 0 Å². The highest BCUT2D eigenvalue weighted by Crippen LogP contribution is 2.50. The second kappa shape index (κ2) is 19.5. The number of nitrogens with zero attached hydrogens (tertiary/aromatic N) is 2. The second-order valence-corrected chi connectivity index (χ2v) is 27.3. The van der Waals surface area contributed by atoms with E-state index in [1.54, 1.807) is 0 Å². The molecule has 0 amide bonds. The first-order valence-electron chi connectivity index (χ1n) is 26.2. The lowest BCUT2D eigenvalue weighted by Crippen LogP contribution is -2.17. The average molecular weight is 1020 g/mol. The summed E-state index contributed by atoms with van der Waals surface area (Å²) in [5, 5.41) is 1.23. The molecule has 0 spiro atoms. The largest absolute Gasteiger partial charge is 0.305 e. The Kier molecular flexibility index (Phi) is 14.3. The van der Waals surface area contributed by atoms with Gasteiger partial charge in [0.05, 0.1) is 32.5 Å². The molecule has 0 fully saturated rings. The summed E-state index contributed by atoms with van der Waals surface area (Å²) in [6, 6.07) is 48.2. The van der Waals surface area contributed by atoms with Crippen LogP contribution in [0.1, 0.15) is 180 Å². The normalized spacial score (nSPS) is 12.6. The van der Waals surface area contributed by atoms with Crippen molar-refractivity contribution in [2.75, 3.05) is 0 Å². The highest BCUT2D eigenvalue weighted by atomic mass is 35.5. The molecule has 0 bridgehead atoms. The number of benzene rings is 6. The lowest BCUT2D eigenvalue weighted by molar-refractivity contribution is 0.567. The van der Waals surface area contributed by atoms with Crippen LogP contribution in [0.15, 0.2) is 133 Å². The number of hydrogen-bond donors (Lipinski definition) is 0. The van der Waals surface area contributed by atoms with Crippen LogP contribution in [0.25, 0.3) is 44.9 Å². The Hall–Kier alpha value is -6.16. The average Bonchev–Trinajstić information content (AvgIpc) is 3.79. The van der Waals surface area contributed by atoms with Crippen molar-refractivity contribution >= 4 is 34.2 Å². The fraction of sp³-hybridized carbons (Fsp3) is 0.343. The van der Waals surface area contributed by atoms with Crippen LogP contribution in [0.3, 0.4) is 0 Å². The summed E-state index contributed by atoms with van der Waals surface area (Å²) < 4.78 is 4.65. The van der Waals surface area contributed by atoms with Gasteiger partial charge in [0.1, 0.15) is 0 Å². The van der Waals surface area contributed by atoms with Gasteiger partial charge < -0.3 is 9.13 Å². The Balaban J connectivity index is 1.41. The molecule has 0 aliphatic heterocycles. The summed E-state index contributed by atoms with van der Waals surface area (Å²) >= 11 is 16.3. The zero-order valence-electron chi connectivity index (χ0n) is 47.4. The lowest BCUT2D eigenvalue weighted by atomic mass is 9.80. The highest BCUT2D eigenvalue weighted by molar-refractivity contribution is 6.43. The monoisotopic (exact) mass is 1010 g/mol. The topological polar surface area (TPSA) is 9.86 Å². The van der Waals surface area contributed by atoms with Crippen LogP contribution in [0.4, 0.5) is 0 Å². The van der Waals surface area contributed by atoms with Crippen LogP contribution in [-0.4, -0.2) is 9.13 Å². The summed E-state index contributed by atoms with van der Waals surface area (Å²) in [6.07, 6.45) is 0. The minimum atomic E-state index is -0.141. The second-order valence-electron chi connectivity index (χ2n) is 26.5. The Bertz CT molecular complexity index is 3210. The van der Waals surface area contributed by atoms with Gasteiger partial charge in [0.2, 0.25) is 0 Å². The molecule has 8 rings (SSSR count). The van der Waals surface area contributed by atoms with Crippen LogP contribution in [0.2, 0.25) is 10.0 Å². The van der Waals surface area contributed by atoms with Gasteiger partial charge in [-0.3, -0.25) is 0 Å². The van der Waals surface area contributed by atoms with Crippen molar-refractivity contribution in [3.63, 3.8) is 0 Å². The van der Waals surface area contributed by atoms with Gasteiger partial charge in [0, 0.05) is 44.8 Å². The molecule has 0 aliphatic rings.